The molecule has 8 nitrogen and oxygen atoms in total. The highest BCUT2D eigenvalue weighted by atomic mass is 19.1. The van der Waals surface area contributed by atoms with Crippen LogP contribution in [-0.2, 0) is 23.9 Å². The minimum absolute atomic E-state index is 0.311. The van der Waals surface area contributed by atoms with Crippen molar-refractivity contribution >= 4 is 23.8 Å². The van der Waals surface area contributed by atoms with Gasteiger partial charge in [0.25, 0.3) is 5.91 Å². The van der Waals surface area contributed by atoms with Gasteiger partial charge in [0.05, 0.1) is 19.8 Å². The highest BCUT2D eigenvalue weighted by Gasteiger charge is 2.41. The van der Waals surface area contributed by atoms with Gasteiger partial charge in [-0.15, -0.1) is 0 Å². The Morgan fingerprint density at radius 1 is 1.08 bits per heavy atom. The van der Waals surface area contributed by atoms with Crippen molar-refractivity contribution in [1.82, 2.24) is 5.32 Å². The first kappa shape index (κ1) is 20.1. The lowest BCUT2D eigenvalue weighted by atomic mass is 9.86. The summed E-state index contributed by atoms with van der Waals surface area (Å²) in [6, 6.07) is 3.68. The van der Waals surface area contributed by atoms with Gasteiger partial charge in [0, 0.05) is 5.92 Å². The summed E-state index contributed by atoms with van der Waals surface area (Å²) >= 11 is 0. The molecule has 0 aromatic heterocycles. The van der Waals surface area contributed by atoms with E-state index in [-0.39, 0.29) is 5.56 Å². The van der Waals surface area contributed by atoms with Crippen molar-refractivity contribution in [2.75, 3.05) is 14.2 Å². The second-order valence-electron chi connectivity index (χ2n) is 5.22. The van der Waals surface area contributed by atoms with Crippen LogP contribution in [0.3, 0.4) is 0 Å². The zero-order chi connectivity index (χ0) is 19.1. The molecule has 0 saturated heterocycles. The highest BCUT2D eigenvalue weighted by molar-refractivity contribution is 5.99. The van der Waals surface area contributed by atoms with Gasteiger partial charge in [-0.1, -0.05) is 19.1 Å². The van der Waals surface area contributed by atoms with Gasteiger partial charge in [-0.3, -0.25) is 19.2 Å². The lowest BCUT2D eigenvalue weighted by Crippen LogP contribution is -2.53. The van der Waals surface area contributed by atoms with Crippen molar-refractivity contribution in [2.24, 2.45) is 17.6 Å². The number of benzene rings is 1. The number of ether oxygens (including phenoxy) is 2. The van der Waals surface area contributed by atoms with Crippen molar-refractivity contribution in [2.45, 2.75) is 13.0 Å². The van der Waals surface area contributed by atoms with Crippen LogP contribution < -0.4 is 11.1 Å². The molecule has 2 amide bonds. The van der Waals surface area contributed by atoms with Crippen LogP contribution >= 0.6 is 0 Å². The molecule has 0 spiro atoms. The van der Waals surface area contributed by atoms with Gasteiger partial charge in [0.1, 0.15) is 11.9 Å². The maximum atomic E-state index is 13.7. The lowest BCUT2D eigenvalue weighted by Gasteiger charge is -2.26. The predicted molar refractivity (Wildman–Crippen MR) is 83.5 cm³/mol. The Morgan fingerprint density at radius 3 is 2.04 bits per heavy atom. The number of hydrogen-bond donors (Lipinski definition) is 2. The van der Waals surface area contributed by atoms with E-state index in [0.29, 0.717) is 0 Å². The number of esters is 2. The molecule has 0 bridgehead atoms. The molecule has 0 unspecified atom stereocenters. The van der Waals surface area contributed by atoms with E-state index in [1.54, 1.807) is 0 Å². The molecule has 136 valence electrons. The van der Waals surface area contributed by atoms with E-state index in [0.717, 1.165) is 20.3 Å². The number of primary amides is 1. The van der Waals surface area contributed by atoms with Crippen LogP contribution in [0.4, 0.5) is 4.39 Å². The monoisotopic (exact) mass is 354 g/mol. The number of methoxy groups -OCH3 is 2. The normalized spacial score (nSPS) is 12.8. The quantitative estimate of drug-likeness (QED) is 0.525. The van der Waals surface area contributed by atoms with Crippen molar-refractivity contribution in [3.8, 4) is 0 Å². The predicted octanol–water partition coefficient (Wildman–Crippen LogP) is 0.00770. The van der Waals surface area contributed by atoms with Crippen LogP contribution in [-0.4, -0.2) is 44.0 Å². The summed E-state index contributed by atoms with van der Waals surface area (Å²) < 4.78 is 22.8. The van der Waals surface area contributed by atoms with Gasteiger partial charge in [-0.25, -0.2) is 4.39 Å². The van der Waals surface area contributed by atoms with E-state index in [2.05, 4.69) is 14.8 Å². The summed E-state index contributed by atoms with van der Waals surface area (Å²) in [5, 5.41) is 2.24. The second kappa shape index (κ2) is 8.76. The van der Waals surface area contributed by atoms with Gasteiger partial charge in [-0.2, -0.15) is 0 Å². The molecule has 3 N–H and O–H groups in total. The SMILES string of the molecule is COC(=O)C(C(=O)OC)[C@@H](C)[C@@H](NC(=O)c1ccccc1F)C(N)=O. The summed E-state index contributed by atoms with van der Waals surface area (Å²) in [5.74, 6) is -7.20. The molecule has 9 heteroatoms. The first-order chi connectivity index (χ1) is 11.7. The Labute approximate surface area is 143 Å². The van der Waals surface area contributed by atoms with Crippen molar-refractivity contribution in [1.29, 1.82) is 0 Å². The van der Waals surface area contributed by atoms with Crippen LogP contribution in [0.25, 0.3) is 0 Å². The summed E-state index contributed by atoms with van der Waals surface area (Å²) in [6.07, 6.45) is 0. The minimum Gasteiger partial charge on any atom is -0.468 e. The topological polar surface area (TPSA) is 125 Å². The third-order valence-electron chi connectivity index (χ3n) is 3.67. The van der Waals surface area contributed by atoms with Crippen molar-refractivity contribution in [3.63, 3.8) is 0 Å². The Morgan fingerprint density at radius 2 is 1.60 bits per heavy atom. The molecule has 0 fully saturated rings. The maximum Gasteiger partial charge on any atom is 0.320 e. The van der Waals surface area contributed by atoms with Gasteiger partial charge >= 0.3 is 11.9 Å². The first-order valence-corrected chi connectivity index (χ1v) is 7.24. The number of hydrogen-bond acceptors (Lipinski definition) is 6. The third-order valence-corrected chi connectivity index (χ3v) is 3.67. The number of rotatable bonds is 7. The summed E-state index contributed by atoms with van der Waals surface area (Å²) in [7, 11) is 2.12. The molecule has 0 radical (unpaired) electrons. The van der Waals surface area contributed by atoms with Crippen molar-refractivity contribution in [3.05, 3.63) is 35.6 Å². The van der Waals surface area contributed by atoms with E-state index >= 15 is 0 Å². The van der Waals surface area contributed by atoms with E-state index in [9.17, 15) is 23.6 Å². The van der Waals surface area contributed by atoms with Crippen LogP contribution in [0, 0.1) is 17.7 Å². The van der Waals surface area contributed by atoms with Crippen LogP contribution in [0.15, 0.2) is 24.3 Å². The van der Waals surface area contributed by atoms with Crippen LogP contribution in [0.1, 0.15) is 17.3 Å². The van der Waals surface area contributed by atoms with Gasteiger partial charge in [-0.05, 0) is 12.1 Å². The number of carbonyl (C=O) groups is 4. The first-order valence-electron chi connectivity index (χ1n) is 7.24. The average Bonchev–Trinajstić information content (AvgIpc) is 2.58. The molecule has 1 aromatic carbocycles. The Balaban J connectivity index is 3.11. The molecule has 25 heavy (non-hydrogen) atoms. The standard InChI is InChI=1S/C16H19FN2O6/c1-8(11(15(22)24-2)16(23)25-3)12(13(18)20)19-14(21)9-6-4-5-7-10(9)17/h4-8,11-12H,1-3H3,(H2,18,20)(H,19,21)/t8-,12-/m1/s1. The molecule has 0 saturated carbocycles. The van der Waals surface area contributed by atoms with E-state index in [1.165, 1.54) is 25.1 Å². The minimum atomic E-state index is -1.49. The van der Waals surface area contributed by atoms with Crippen LogP contribution in [0.5, 0.6) is 0 Å². The third kappa shape index (κ3) is 4.75. The molecule has 1 rings (SSSR count). The fraction of sp³-hybridized carbons (Fsp3) is 0.375. The number of nitrogens with one attached hydrogen (secondary N) is 1. The molecule has 2 atom stereocenters. The highest BCUT2D eigenvalue weighted by Crippen LogP contribution is 2.20. The maximum absolute atomic E-state index is 13.7. The fourth-order valence-corrected chi connectivity index (χ4v) is 2.30. The lowest BCUT2D eigenvalue weighted by molar-refractivity contribution is -0.161. The smallest absolute Gasteiger partial charge is 0.320 e. The number of halogens is 1. The Kier molecular flexibility index (Phi) is 7.04. The second-order valence-corrected chi connectivity index (χ2v) is 5.22. The van der Waals surface area contributed by atoms with E-state index in [4.69, 9.17) is 5.73 Å². The molecule has 0 aliphatic heterocycles. The summed E-state index contributed by atoms with van der Waals surface area (Å²) in [4.78, 5) is 47.6. The van der Waals surface area contributed by atoms with Gasteiger partial charge in [0.2, 0.25) is 5.91 Å². The largest absolute Gasteiger partial charge is 0.468 e. The molecule has 1 aromatic rings. The number of carbonyl (C=O) groups excluding carboxylic acids is 4. The van der Waals surface area contributed by atoms with Gasteiger partial charge < -0.3 is 20.5 Å². The zero-order valence-corrected chi connectivity index (χ0v) is 13.9. The molecule has 0 heterocycles. The van der Waals surface area contributed by atoms with Gasteiger partial charge in [0.15, 0.2) is 5.92 Å². The molecule has 0 aliphatic carbocycles. The van der Waals surface area contributed by atoms with Crippen molar-refractivity contribution < 1.29 is 33.0 Å². The summed E-state index contributed by atoms with van der Waals surface area (Å²) in [6.45, 7) is 1.34. The van der Waals surface area contributed by atoms with Crippen LogP contribution in [0.2, 0.25) is 0 Å². The molecular formula is C16H19FN2O6. The Hall–Kier alpha value is -2.97. The molecular weight excluding hydrogens is 335 g/mol. The Bertz CT molecular complexity index is 662. The summed E-state index contributed by atoms with van der Waals surface area (Å²) in [5.41, 5.74) is 4.96. The average molecular weight is 354 g/mol. The molecule has 0 aliphatic rings. The number of amides is 2. The fourth-order valence-electron chi connectivity index (χ4n) is 2.30. The number of nitrogens with two attached hydrogens (primary N) is 1. The van der Waals surface area contributed by atoms with E-state index < -0.39 is 47.4 Å². The van der Waals surface area contributed by atoms with E-state index in [1.807, 2.05) is 0 Å². The zero-order valence-electron chi connectivity index (χ0n) is 13.9.